The Labute approximate surface area is 181 Å². The van der Waals surface area contributed by atoms with Gasteiger partial charge in [0.15, 0.2) is 0 Å². The van der Waals surface area contributed by atoms with Crippen molar-refractivity contribution in [2.75, 3.05) is 23.9 Å². The molecule has 0 N–H and O–H groups in total. The fourth-order valence-corrected chi connectivity index (χ4v) is 4.44. The zero-order valence-electron chi connectivity index (χ0n) is 16.5. The Hall–Kier alpha value is -2.43. The standard InChI is InChI=1S/C23H22Cl2N4/c1-14-27(2)20-9-4-15(10-21(20)28(14)3)12-29-13-26-22(16-5-6-16)23(29)18-11-17(24)7-8-19(18)25/h4,7-11,13,16H,1,5-6,12H2,2-3H3. The molecule has 2 aromatic carbocycles. The summed E-state index contributed by atoms with van der Waals surface area (Å²) in [5.41, 5.74) is 6.70. The van der Waals surface area contributed by atoms with E-state index in [1.165, 1.54) is 29.8 Å². The summed E-state index contributed by atoms with van der Waals surface area (Å²) >= 11 is 12.9. The van der Waals surface area contributed by atoms with E-state index in [2.05, 4.69) is 39.1 Å². The molecule has 1 aromatic heterocycles. The number of rotatable bonds is 4. The van der Waals surface area contributed by atoms with Crippen molar-refractivity contribution < 1.29 is 0 Å². The van der Waals surface area contributed by atoms with Gasteiger partial charge in [0.05, 0.1) is 34.1 Å². The number of nitrogens with zero attached hydrogens (tertiary/aromatic N) is 4. The van der Waals surface area contributed by atoms with Crippen LogP contribution in [0.5, 0.6) is 0 Å². The Balaban J connectivity index is 1.57. The highest BCUT2D eigenvalue weighted by Gasteiger charge is 2.31. The second-order valence-corrected chi connectivity index (χ2v) is 8.71. The molecule has 0 bridgehead atoms. The lowest BCUT2D eigenvalue weighted by Gasteiger charge is -2.16. The molecule has 0 saturated heterocycles. The lowest BCUT2D eigenvalue weighted by Crippen LogP contribution is -2.20. The van der Waals surface area contributed by atoms with Gasteiger partial charge in [-0.1, -0.05) is 35.8 Å². The van der Waals surface area contributed by atoms with Crippen LogP contribution in [0.4, 0.5) is 11.4 Å². The van der Waals surface area contributed by atoms with Crippen LogP contribution in [0.15, 0.2) is 55.1 Å². The topological polar surface area (TPSA) is 24.3 Å². The number of halogens is 2. The van der Waals surface area contributed by atoms with Gasteiger partial charge in [0.2, 0.25) is 0 Å². The molecule has 6 heteroatoms. The van der Waals surface area contributed by atoms with Crippen molar-refractivity contribution in [3.63, 3.8) is 0 Å². The molecule has 148 valence electrons. The second-order valence-electron chi connectivity index (χ2n) is 7.86. The van der Waals surface area contributed by atoms with Crippen LogP contribution in [-0.4, -0.2) is 23.6 Å². The second kappa shape index (κ2) is 6.82. The fourth-order valence-electron chi connectivity index (χ4n) is 4.06. The number of fused-ring (bicyclic) bond motifs is 1. The maximum atomic E-state index is 6.57. The quantitative estimate of drug-likeness (QED) is 0.502. The van der Waals surface area contributed by atoms with Crippen LogP contribution >= 0.6 is 23.2 Å². The Morgan fingerprint density at radius 3 is 2.55 bits per heavy atom. The third-order valence-corrected chi connectivity index (χ3v) is 6.47. The largest absolute Gasteiger partial charge is 0.330 e. The van der Waals surface area contributed by atoms with Crippen LogP contribution in [-0.2, 0) is 6.54 Å². The number of imidazole rings is 1. The summed E-state index contributed by atoms with van der Waals surface area (Å²) in [5.74, 6) is 1.49. The molecule has 0 amide bonds. The van der Waals surface area contributed by atoms with Gasteiger partial charge in [-0.15, -0.1) is 0 Å². The first kappa shape index (κ1) is 18.6. The van der Waals surface area contributed by atoms with Gasteiger partial charge < -0.3 is 14.4 Å². The van der Waals surface area contributed by atoms with Gasteiger partial charge in [-0.25, -0.2) is 4.98 Å². The molecule has 2 heterocycles. The first-order valence-electron chi connectivity index (χ1n) is 9.74. The van der Waals surface area contributed by atoms with E-state index < -0.39 is 0 Å². The molecule has 0 atom stereocenters. The molecule has 5 rings (SSSR count). The number of aromatic nitrogens is 2. The van der Waals surface area contributed by atoms with E-state index in [0.717, 1.165) is 29.3 Å². The molecule has 0 radical (unpaired) electrons. The highest BCUT2D eigenvalue weighted by molar-refractivity contribution is 6.35. The van der Waals surface area contributed by atoms with Gasteiger partial charge in [0.25, 0.3) is 0 Å². The van der Waals surface area contributed by atoms with Gasteiger partial charge in [-0.2, -0.15) is 0 Å². The van der Waals surface area contributed by atoms with Gasteiger partial charge in [-0.05, 0) is 48.7 Å². The van der Waals surface area contributed by atoms with E-state index in [1.807, 2.05) is 38.6 Å². The monoisotopic (exact) mass is 424 g/mol. The molecular formula is C23H22Cl2N4. The van der Waals surface area contributed by atoms with Crippen molar-refractivity contribution in [2.24, 2.45) is 0 Å². The van der Waals surface area contributed by atoms with Gasteiger partial charge in [0.1, 0.15) is 5.82 Å². The van der Waals surface area contributed by atoms with Crippen molar-refractivity contribution in [2.45, 2.75) is 25.3 Å². The Morgan fingerprint density at radius 1 is 1.03 bits per heavy atom. The summed E-state index contributed by atoms with van der Waals surface area (Å²) in [6.07, 6.45) is 4.29. The van der Waals surface area contributed by atoms with Gasteiger partial charge in [0, 0.05) is 37.1 Å². The molecule has 2 aliphatic rings. The Kier molecular flexibility index (Phi) is 4.37. The van der Waals surface area contributed by atoms with Crippen LogP contribution in [0.25, 0.3) is 11.3 Å². The maximum Gasteiger partial charge on any atom is 0.105 e. The lowest BCUT2D eigenvalue weighted by molar-refractivity contribution is 0.804. The van der Waals surface area contributed by atoms with Crippen LogP contribution in [0.1, 0.15) is 30.0 Å². The van der Waals surface area contributed by atoms with Crippen LogP contribution in [0.2, 0.25) is 10.0 Å². The van der Waals surface area contributed by atoms with Crippen LogP contribution in [0.3, 0.4) is 0 Å². The molecule has 1 fully saturated rings. The summed E-state index contributed by atoms with van der Waals surface area (Å²) in [7, 11) is 4.09. The third-order valence-electron chi connectivity index (χ3n) is 5.90. The van der Waals surface area contributed by atoms with E-state index in [4.69, 9.17) is 28.2 Å². The summed E-state index contributed by atoms with van der Waals surface area (Å²) in [6.45, 7) is 4.87. The predicted octanol–water partition coefficient (Wildman–Crippen LogP) is 6.14. The molecule has 4 nitrogen and oxygen atoms in total. The fraction of sp³-hybridized carbons (Fsp3) is 0.261. The zero-order chi connectivity index (χ0) is 20.3. The number of anilines is 2. The summed E-state index contributed by atoms with van der Waals surface area (Å²) in [5, 5.41) is 1.38. The molecule has 0 spiro atoms. The highest BCUT2D eigenvalue weighted by atomic mass is 35.5. The predicted molar refractivity (Wildman–Crippen MR) is 121 cm³/mol. The summed E-state index contributed by atoms with van der Waals surface area (Å²) in [4.78, 5) is 8.99. The first-order valence-corrected chi connectivity index (χ1v) is 10.5. The molecule has 0 unspecified atom stereocenters. The van der Waals surface area contributed by atoms with Crippen molar-refractivity contribution in [3.05, 3.63) is 76.4 Å². The van der Waals surface area contributed by atoms with E-state index in [0.29, 0.717) is 16.0 Å². The SMILES string of the molecule is C=C1N(C)c2ccc(Cn3cnc(C4CC4)c3-c3cc(Cl)ccc3Cl)cc2N1C. The molecule has 1 saturated carbocycles. The zero-order valence-corrected chi connectivity index (χ0v) is 18.0. The normalized spacial score (nSPS) is 15.9. The summed E-state index contributed by atoms with van der Waals surface area (Å²) < 4.78 is 2.19. The minimum atomic E-state index is 0.518. The van der Waals surface area contributed by atoms with Crippen molar-refractivity contribution in [1.29, 1.82) is 0 Å². The van der Waals surface area contributed by atoms with Gasteiger partial charge in [-0.3, -0.25) is 0 Å². The number of benzene rings is 2. The van der Waals surface area contributed by atoms with Crippen molar-refractivity contribution in [3.8, 4) is 11.3 Å². The molecule has 1 aliphatic heterocycles. The molecule has 29 heavy (non-hydrogen) atoms. The highest BCUT2D eigenvalue weighted by Crippen LogP contribution is 2.45. The lowest BCUT2D eigenvalue weighted by atomic mass is 10.1. The smallest absolute Gasteiger partial charge is 0.105 e. The van der Waals surface area contributed by atoms with Crippen molar-refractivity contribution >= 4 is 34.6 Å². The average molecular weight is 425 g/mol. The molecule has 1 aliphatic carbocycles. The number of hydrogen-bond acceptors (Lipinski definition) is 3. The maximum absolute atomic E-state index is 6.57. The molecule has 3 aromatic rings. The summed E-state index contributed by atoms with van der Waals surface area (Å²) in [6, 6.07) is 12.2. The Bertz CT molecular complexity index is 1130. The van der Waals surface area contributed by atoms with Gasteiger partial charge >= 0.3 is 0 Å². The number of hydrogen-bond donors (Lipinski definition) is 0. The van der Waals surface area contributed by atoms with Crippen molar-refractivity contribution in [1.82, 2.24) is 9.55 Å². The minimum absolute atomic E-state index is 0.518. The Morgan fingerprint density at radius 2 is 1.79 bits per heavy atom. The van der Waals surface area contributed by atoms with E-state index in [9.17, 15) is 0 Å². The molecular weight excluding hydrogens is 403 g/mol. The van der Waals surface area contributed by atoms with Crippen LogP contribution < -0.4 is 9.80 Å². The van der Waals surface area contributed by atoms with E-state index >= 15 is 0 Å². The van der Waals surface area contributed by atoms with E-state index in [1.54, 1.807) is 0 Å². The third kappa shape index (κ3) is 3.11. The van der Waals surface area contributed by atoms with E-state index in [-0.39, 0.29) is 0 Å². The minimum Gasteiger partial charge on any atom is -0.330 e. The first-order chi connectivity index (χ1) is 13.9. The van der Waals surface area contributed by atoms with Crippen LogP contribution in [0, 0.1) is 0 Å². The average Bonchev–Trinajstić information content (AvgIpc) is 3.44.